The van der Waals surface area contributed by atoms with Crippen molar-refractivity contribution in [2.24, 2.45) is 0 Å². The molecule has 0 radical (unpaired) electrons. The van der Waals surface area contributed by atoms with Gasteiger partial charge in [0.2, 0.25) is 11.8 Å². The summed E-state index contributed by atoms with van der Waals surface area (Å²) < 4.78 is 15.4. The van der Waals surface area contributed by atoms with Gasteiger partial charge in [-0.1, -0.05) is 35.4 Å². The molecule has 0 spiro atoms. The number of fused-ring (bicyclic) bond motifs is 4. The van der Waals surface area contributed by atoms with Gasteiger partial charge in [0.1, 0.15) is 28.8 Å². The number of hydrogen-bond donors (Lipinski definition) is 3. The zero-order valence-corrected chi connectivity index (χ0v) is 21.7. The molecule has 13 heteroatoms. The monoisotopic (exact) mass is 566 g/mol. The number of carbonyl (C=O) groups is 2. The lowest BCUT2D eigenvalue weighted by molar-refractivity contribution is -0.117. The van der Waals surface area contributed by atoms with Gasteiger partial charge in [-0.15, -0.1) is 5.10 Å². The van der Waals surface area contributed by atoms with Gasteiger partial charge < -0.3 is 15.6 Å². The molecule has 0 saturated carbocycles. The highest BCUT2D eigenvalue weighted by Gasteiger charge is 2.22. The maximum absolute atomic E-state index is 14.0. The third-order valence-corrected chi connectivity index (χ3v) is 6.42. The molecule has 10 nitrogen and oxygen atoms in total. The number of rotatable bonds is 4. The maximum atomic E-state index is 14.0. The number of imidazole rings is 1. The lowest BCUT2D eigenvalue weighted by atomic mass is 10.1. The summed E-state index contributed by atoms with van der Waals surface area (Å²) >= 11 is 12.6. The molecule has 2 bridgehead atoms. The first-order valence-corrected chi connectivity index (χ1v) is 12.6. The van der Waals surface area contributed by atoms with Gasteiger partial charge >= 0.3 is 0 Å². The minimum Gasteiger partial charge on any atom is -0.342 e. The third kappa shape index (κ3) is 6.21. The average molecular weight is 567 g/mol. The van der Waals surface area contributed by atoms with Crippen molar-refractivity contribution in [3.63, 3.8) is 0 Å². The van der Waals surface area contributed by atoms with Crippen LogP contribution in [0.2, 0.25) is 10.2 Å². The van der Waals surface area contributed by atoms with Gasteiger partial charge in [-0.2, -0.15) is 4.68 Å². The minimum absolute atomic E-state index is 0.188. The van der Waals surface area contributed by atoms with Gasteiger partial charge in [-0.05, 0) is 65.7 Å². The van der Waals surface area contributed by atoms with E-state index in [1.54, 1.807) is 24.3 Å². The number of allylic oxidation sites excluding steroid dienone is 1. The molecule has 1 aliphatic rings. The Kier molecular flexibility index (Phi) is 7.80. The number of hydrogen-bond acceptors (Lipinski definition) is 6. The number of nitrogens with one attached hydrogen (secondary N) is 3. The smallest absolute Gasteiger partial charge is 0.244 e. The number of H-pyrrole nitrogens is 1. The van der Waals surface area contributed by atoms with Crippen molar-refractivity contribution in [3.8, 4) is 16.9 Å². The standard InChI is InChI=1S/C26H21Cl2FN8O2/c27-16-7-10-21(37-14-30-35-36-37)15(12-16)6-11-23(39)31-19-4-2-1-3-5-22(38)32-20-13-17(29)8-9-18(20)24-25(28)34-26(19)33-24/h1-2,6-14,19H,3-5H2,(H,31,39)(H,32,38)(H,33,34). The first-order valence-electron chi connectivity index (χ1n) is 11.9. The maximum Gasteiger partial charge on any atom is 0.244 e. The van der Waals surface area contributed by atoms with Gasteiger partial charge in [-0.3, -0.25) is 9.59 Å². The topological polar surface area (TPSA) is 130 Å². The van der Waals surface area contributed by atoms with E-state index in [0.29, 0.717) is 46.2 Å². The van der Waals surface area contributed by atoms with Crippen LogP contribution >= 0.6 is 23.2 Å². The van der Waals surface area contributed by atoms with Gasteiger partial charge in [-0.25, -0.2) is 9.37 Å². The Morgan fingerprint density at radius 1 is 1.18 bits per heavy atom. The highest BCUT2D eigenvalue weighted by atomic mass is 35.5. The Labute approximate surface area is 231 Å². The van der Waals surface area contributed by atoms with Gasteiger partial charge in [0, 0.05) is 28.6 Å². The summed E-state index contributed by atoms with van der Waals surface area (Å²) in [5.74, 6) is -0.771. The molecule has 0 saturated heterocycles. The number of halogens is 3. The van der Waals surface area contributed by atoms with E-state index in [1.807, 2.05) is 12.2 Å². The number of amides is 2. The fourth-order valence-corrected chi connectivity index (χ4v) is 4.50. The molecule has 39 heavy (non-hydrogen) atoms. The molecule has 3 heterocycles. The number of benzene rings is 2. The van der Waals surface area contributed by atoms with Crippen LogP contribution in [0.15, 0.2) is 61.0 Å². The summed E-state index contributed by atoms with van der Waals surface area (Å²) in [6.07, 6.45) is 9.17. The zero-order chi connectivity index (χ0) is 27.4. The molecule has 198 valence electrons. The van der Waals surface area contributed by atoms with Crippen molar-refractivity contribution in [3.05, 3.63) is 88.3 Å². The van der Waals surface area contributed by atoms with Crippen LogP contribution < -0.4 is 10.6 Å². The number of nitrogens with zero attached hydrogens (tertiary/aromatic N) is 5. The Morgan fingerprint density at radius 2 is 2.05 bits per heavy atom. The van der Waals surface area contributed by atoms with Crippen LogP contribution in [0, 0.1) is 5.82 Å². The SMILES string of the molecule is O=C(C=Cc1cc(Cl)ccc1-n1cnnn1)NC1CC=CCCC(=O)Nc2cc(F)ccc2-c2nc1[nH]c2Cl. The van der Waals surface area contributed by atoms with E-state index in [-0.39, 0.29) is 23.2 Å². The molecule has 0 aliphatic carbocycles. The lowest BCUT2D eigenvalue weighted by Gasteiger charge is -2.14. The largest absolute Gasteiger partial charge is 0.342 e. The first-order chi connectivity index (χ1) is 18.9. The van der Waals surface area contributed by atoms with E-state index < -0.39 is 17.8 Å². The van der Waals surface area contributed by atoms with E-state index in [9.17, 15) is 14.0 Å². The molecule has 0 fully saturated rings. The quantitative estimate of drug-likeness (QED) is 0.234. The molecule has 2 aromatic heterocycles. The second-order valence-corrected chi connectivity index (χ2v) is 9.43. The lowest BCUT2D eigenvalue weighted by Crippen LogP contribution is -2.27. The molecule has 1 atom stereocenters. The minimum atomic E-state index is -0.573. The van der Waals surface area contributed by atoms with Gasteiger partial charge in [0.15, 0.2) is 0 Å². The Hall–Kier alpha value is -4.35. The number of tetrazole rings is 1. The fraction of sp³-hybridized carbons (Fsp3) is 0.154. The highest BCUT2D eigenvalue weighted by molar-refractivity contribution is 6.32. The number of aromatic nitrogens is 6. The van der Waals surface area contributed by atoms with E-state index in [0.717, 1.165) is 0 Å². The predicted octanol–water partition coefficient (Wildman–Crippen LogP) is 5.05. The van der Waals surface area contributed by atoms with E-state index in [2.05, 4.69) is 36.1 Å². The van der Waals surface area contributed by atoms with Crippen LogP contribution in [-0.2, 0) is 9.59 Å². The third-order valence-electron chi connectivity index (χ3n) is 5.91. The molecule has 1 aliphatic heterocycles. The van der Waals surface area contributed by atoms with E-state index in [4.69, 9.17) is 23.2 Å². The summed E-state index contributed by atoms with van der Waals surface area (Å²) in [6.45, 7) is 0. The summed E-state index contributed by atoms with van der Waals surface area (Å²) in [4.78, 5) is 33.0. The first kappa shape index (κ1) is 26.3. The Bertz CT molecular complexity index is 1580. The van der Waals surface area contributed by atoms with Crippen molar-refractivity contribution in [1.82, 2.24) is 35.5 Å². The molecule has 2 aromatic carbocycles. The molecule has 1 unspecified atom stereocenters. The van der Waals surface area contributed by atoms with Crippen molar-refractivity contribution < 1.29 is 14.0 Å². The summed E-state index contributed by atoms with van der Waals surface area (Å²) in [7, 11) is 0. The normalized spacial score (nSPS) is 15.7. The van der Waals surface area contributed by atoms with Crippen LogP contribution in [0.4, 0.5) is 10.1 Å². The van der Waals surface area contributed by atoms with E-state index in [1.165, 1.54) is 35.3 Å². The van der Waals surface area contributed by atoms with Crippen molar-refractivity contribution in [1.29, 1.82) is 0 Å². The second kappa shape index (κ2) is 11.6. The van der Waals surface area contributed by atoms with Crippen LogP contribution in [-0.4, -0.2) is 42.0 Å². The summed E-state index contributed by atoms with van der Waals surface area (Å²) in [5, 5.41) is 17.5. The number of anilines is 1. The second-order valence-electron chi connectivity index (χ2n) is 8.62. The molecule has 3 N–H and O–H groups in total. The van der Waals surface area contributed by atoms with Crippen LogP contribution in [0.1, 0.15) is 36.7 Å². The van der Waals surface area contributed by atoms with Gasteiger partial charge in [0.05, 0.1) is 17.4 Å². The highest BCUT2D eigenvalue weighted by Crippen LogP contribution is 2.34. The molecular weight excluding hydrogens is 546 g/mol. The van der Waals surface area contributed by atoms with Crippen molar-refractivity contribution >= 4 is 46.8 Å². The van der Waals surface area contributed by atoms with Crippen LogP contribution in [0.3, 0.4) is 0 Å². The predicted molar refractivity (Wildman–Crippen MR) is 145 cm³/mol. The fourth-order valence-electron chi connectivity index (χ4n) is 4.08. The van der Waals surface area contributed by atoms with Gasteiger partial charge in [0.25, 0.3) is 0 Å². The zero-order valence-electron chi connectivity index (χ0n) is 20.2. The number of carbonyl (C=O) groups excluding carboxylic acids is 2. The van der Waals surface area contributed by atoms with E-state index >= 15 is 0 Å². The Morgan fingerprint density at radius 3 is 2.87 bits per heavy atom. The van der Waals surface area contributed by atoms with Crippen LogP contribution in [0.5, 0.6) is 0 Å². The molecular formula is C26H21Cl2FN8O2. The summed E-state index contributed by atoms with van der Waals surface area (Å²) in [5.41, 5.74) is 2.30. The van der Waals surface area contributed by atoms with Crippen LogP contribution in [0.25, 0.3) is 23.0 Å². The average Bonchev–Trinajstić information content (AvgIpc) is 3.57. The Balaban J connectivity index is 1.44. The molecule has 2 amide bonds. The number of aromatic amines is 1. The van der Waals surface area contributed by atoms with Crippen molar-refractivity contribution in [2.75, 3.05) is 5.32 Å². The van der Waals surface area contributed by atoms with Crippen molar-refractivity contribution in [2.45, 2.75) is 25.3 Å². The summed E-state index contributed by atoms with van der Waals surface area (Å²) in [6, 6.07) is 8.54. The molecule has 4 aromatic rings. The molecule has 5 rings (SSSR count).